The molecule has 0 aromatic heterocycles. The Morgan fingerprint density at radius 1 is 1.33 bits per heavy atom. The third-order valence-corrected chi connectivity index (χ3v) is 3.08. The average Bonchev–Trinajstić information content (AvgIpc) is 2.27. The van der Waals surface area contributed by atoms with E-state index in [1.807, 2.05) is 6.07 Å². The largest absolute Gasteiger partial charge is 0.394 e. The van der Waals surface area contributed by atoms with Gasteiger partial charge in [0, 0.05) is 7.05 Å². The first-order valence-electron chi connectivity index (χ1n) is 4.45. The fourth-order valence-corrected chi connectivity index (χ4v) is 1.85. The SMILES string of the molecule is CNS(=O)(=O)NC(CO)c1ccccc1. The van der Waals surface area contributed by atoms with Crippen LogP contribution in [0.2, 0.25) is 0 Å². The molecule has 1 aromatic carbocycles. The number of rotatable bonds is 5. The highest BCUT2D eigenvalue weighted by atomic mass is 32.2. The summed E-state index contributed by atoms with van der Waals surface area (Å²) in [6, 6.07) is 8.27. The van der Waals surface area contributed by atoms with Gasteiger partial charge in [0.1, 0.15) is 0 Å². The quantitative estimate of drug-likeness (QED) is 0.654. The highest BCUT2D eigenvalue weighted by Gasteiger charge is 2.16. The van der Waals surface area contributed by atoms with Crippen LogP contribution in [0.15, 0.2) is 30.3 Å². The Balaban J connectivity index is 2.83. The third kappa shape index (κ3) is 3.60. The van der Waals surface area contributed by atoms with Gasteiger partial charge in [-0.2, -0.15) is 13.1 Å². The maximum absolute atomic E-state index is 11.2. The zero-order chi connectivity index (χ0) is 11.3. The van der Waals surface area contributed by atoms with Crippen molar-refractivity contribution >= 4 is 10.2 Å². The van der Waals surface area contributed by atoms with Crippen LogP contribution in [0.5, 0.6) is 0 Å². The van der Waals surface area contributed by atoms with Crippen molar-refractivity contribution in [2.75, 3.05) is 13.7 Å². The van der Waals surface area contributed by atoms with Gasteiger partial charge in [-0.3, -0.25) is 0 Å². The van der Waals surface area contributed by atoms with Crippen LogP contribution in [0.1, 0.15) is 11.6 Å². The Morgan fingerprint density at radius 2 is 1.93 bits per heavy atom. The minimum Gasteiger partial charge on any atom is -0.394 e. The first-order valence-corrected chi connectivity index (χ1v) is 5.94. The van der Waals surface area contributed by atoms with Crippen LogP contribution < -0.4 is 9.44 Å². The summed E-state index contributed by atoms with van der Waals surface area (Å²) in [5.41, 5.74) is 0.721. The molecule has 0 heterocycles. The van der Waals surface area contributed by atoms with Crippen LogP contribution >= 0.6 is 0 Å². The van der Waals surface area contributed by atoms with Crippen LogP contribution in [0.25, 0.3) is 0 Å². The van der Waals surface area contributed by atoms with Crippen molar-refractivity contribution in [2.45, 2.75) is 6.04 Å². The molecule has 1 atom stereocenters. The first-order chi connectivity index (χ1) is 7.09. The summed E-state index contributed by atoms with van der Waals surface area (Å²) in [6.07, 6.45) is 0. The molecule has 84 valence electrons. The lowest BCUT2D eigenvalue weighted by atomic mass is 10.1. The van der Waals surface area contributed by atoms with Gasteiger partial charge >= 0.3 is 0 Å². The molecule has 0 bridgehead atoms. The molecule has 0 amide bonds. The van der Waals surface area contributed by atoms with Crippen molar-refractivity contribution in [2.24, 2.45) is 0 Å². The van der Waals surface area contributed by atoms with Crippen molar-refractivity contribution in [1.82, 2.24) is 9.44 Å². The number of nitrogens with one attached hydrogen (secondary N) is 2. The predicted octanol–water partition coefficient (Wildman–Crippen LogP) is -0.226. The Morgan fingerprint density at radius 3 is 2.40 bits per heavy atom. The van der Waals surface area contributed by atoms with Gasteiger partial charge in [-0.25, -0.2) is 4.72 Å². The van der Waals surface area contributed by atoms with E-state index in [0.29, 0.717) is 0 Å². The first kappa shape index (κ1) is 12.1. The second-order valence-electron chi connectivity index (χ2n) is 2.97. The molecular weight excluding hydrogens is 216 g/mol. The van der Waals surface area contributed by atoms with Gasteiger partial charge in [-0.15, -0.1) is 0 Å². The highest BCUT2D eigenvalue weighted by molar-refractivity contribution is 7.87. The van der Waals surface area contributed by atoms with E-state index in [9.17, 15) is 8.42 Å². The van der Waals surface area contributed by atoms with Crippen molar-refractivity contribution in [1.29, 1.82) is 0 Å². The fraction of sp³-hybridized carbons (Fsp3) is 0.333. The van der Waals surface area contributed by atoms with E-state index in [1.165, 1.54) is 7.05 Å². The minimum atomic E-state index is -3.54. The molecule has 0 aliphatic carbocycles. The van der Waals surface area contributed by atoms with Gasteiger partial charge in [-0.1, -0.05) is 30.3 Å². The molecule has 0 radical (unpaired) electrons. The maximum atomic E-state index is 11.2. The molecule has 1 unspecified atom stereocenters. The molecule has 6 heteroatoms. The topological polar surface area (TPSA) is 78.4 Å². The van der Waals surface area contributed by atoms with Gasteiger partial charge in [0.05, 0.1) is 12.6 Å². The molecule has 0 aliphatic rings. The van der Waals surface area contributed by atoms with E-state index in [2.05, 4.69) is 9.44 Å². The van der Waals surface area contributed by atoms with E-state index in [1.54, 1.807) is 24.3 Å². The predicted molar refractivity (Wildman–Crippen MR) is 57.4 cm³/mol. The summed E-state index contributed by atoms with van der Waals surface area (Å²) in [5.74, 6) is 0. The van der Waals surface area contributed by atoms with Gasteiger partial charge < -0.3 is 5.11 Å². The molecule has 5 nitrogen and oxygen atoms in total. The Labute approximate surface area is 89.3 Å². The Hall–Kier alpha value is -0.950. The number of benzene rings is 1. The number of hydrogen-bond donors (Lipinski definition) is 3. The summed E-state index contributed by atoms with van der Waals surface area (Å²) in [4.78, 5) is 0. The lowest BCUT2D eigenvalue weighted by Crippen LogP contribution is -2.38. The Bertz CT molecular complexity index is 391. The second-order valence-corrected chi connectivity index (χ2v) is 4.62. The molecule has 1 aromatic rings. The third-order valence-electron chi connectivity index (χ3n) is 1.95. The van der Waals surface area contributed by atoms with E-state index < -0.39 is 16.3 Å². The van der Waals surface area contributed by atoms with Gasteiger partial charge in [-0.05, 0) is 5.56 Å². The van der Waals surface area contributed by atoms with Crippen LogP contribution in [0.4, 0.5) is 0 Å². The number of hydrogen-bond acceptors (Lipinski definition) is 3. The molecule has 0 spiro atoms. The van der Waals surface area contributed by atoms with E-state index in [4.69, 9.17) is 5.11 Å². The number of aliphatic hydroxyl groups is 1. The lowest BCUT2D eigenvalue weighted by molar-refractivity contribution is 0.258. The van der Waals surface area contributed by atoms with Crippen molar-refractivity contribution in [3.05, 3.63) is 35.9 Å². The van der Waals surface area contributed by atoms with Crippen LogP contribution in [-0.4, -0.2) is 27.2 Å². The van der Waals surface area contributed by atoms with Crippen LogP contribution in [0.3, 0.4) is 0 Å². The van der Waals surface area contributed by atoms with Crippen LogP contribution in [-0.2, 0) is 10.2 Å². The van der Waals surface area contributed by atoms with E-state index in [-0.39, 0.29) is 6.61 Å². The van der Waals surface area contributed by atoms with Crippen molar-refractivity contribution in [3.63, 3.8) is 0 Å². The zero-order valence-corrected chi connectivity index (χ0v) is 9.16. The van der Waals surface area contributed by atoms with Crippen molar-refractivity contribution in [3.8, 4) is 0 Å². The fourth-order valence-electron chi connectivity index (χ4n) is 1.14. The van der Waals surface area contributed by atoms with E-state index >= 15 is 0 Å². The molecule has 0 saturated heterocycles. The van der Waals surface area contributed by atoms with Gasteiger partial charge in [0.25, 0.3) is 10.2 Å². The molecule has 0 fully saturated rings. The second kappa shape index (κ2) is 5.22. The minimum absolute atomic E-state index is 0.287. The standard InChI is InChI=1S/C9H14N2O3S/c1-10-15(13,14)11-9(7-12)8-5-3-2-4-6-8/h2-6,9-12H,7H2,1H3. The van der Waals surface area contributed by atoms with Crippen LogP contribution in [0, 0.1) is 0 Å². The average molecular weight is 230 g/mol. The molecule has 3 N–H and O–H groups in total. The highest BCUT2D eigenvalue weighted by Crippen LogP contribution is 2.11. The van der Waals surface area contributed by atoms with Crippen molar-refractivity contribution < 1.29 is 13.5 Å². The molecular formula is C9H14N2O3S. The molecule has 15 heavy (non-hydrogen) atoms. The number of aliphatic hydroxyl groups excluding tert-OH is 1. The molecule has 1 rings (SSSR count). The normalized spacial score (nSPS) is 13.7. The lowest BCUT2D eigenvalue weighted by Gasteiger charge is -2.15. The zero-order valence-electron chi connectivity index (χ0n) is 8.34. The molecule has 0 aliphatic heterocycles. The van der Waals surface area contributed by atoms with Gasteiger partial charge in [0.2, 0.25) is 0 Å². The Kier molecular flexibility index (Phi) is 4.22. The molecule has 0 saturated carbocycles. The monoisotopic (exact) mass is 230 g/mol. The summed E-state index contributed by atoms with van der Waals surface area (Å²) < 4.78 is 26.9. The maximum Gasteiger partial charge on any atom is 0.277 e. The summed E-state index contributed by atoms with van der Waals surface area (Å²) in [6.45, 7) is -0.287. The summed E-state index contributed by atoms with van der Waals surface area (Å²) in [5, 5.41) is 9.08. The summed E-state index contributed by atoms with van der Waals surface area (Å²) in [7, 11) is -2.23. The summed E-state index contributed by atoms with van der Waals surface area (Å²) >= 11 is 0. The van der Waals surface area contributed by atoms with Gasteiger partial charge in [0.15, 0.2) is 0 Å². The van der Waals surface area contributed by atoms with E-state index in [0.717, 1.165) is 5.56 Å². The smallest absolute Gasteiger partial charge is 0.277 e.